The summed E-state index contributed by atoms with van der Waals surface area (Å²) in [7, 11) is 1.27. The first kappa shape index (κ1) is 25.2. The molecule has 0 N–H and O–H groups in total. The molecule has 0 bridgehead atoms. The molecule has 0 spiro atoms. The Kier molecular flexibility index (Phi) is 7.81. The number of pyridine rings is 1. The van der Waals surface area contributed by atoms with Gasteiger partial charge in [0.2, 0.25) is 0 Å². The predicted octanol–water partition coefficient (Wildman–Crippen LogP) is 3.66. The van der Waals surface area contributed by atoms with Gasteiger partial charge in [0.25, 0.3) is 5.56 Å². The van der Waals surface area contributed by atoms with Crippen LogP contribution in [0.25, 0.3) is 0 Å². The number of esters is 1. The van der Waals surface area contributed by atoms with E-state index in [4.69, 9.17) is 14.2 Å². The molecule has 3 heterocycles. The van der Waals surface area contributed by atoms with E-state index in [2.05, 4.69) is 0 Å². The van der Waals surface area contributed by atoms with E-state index < -0.39 is 17.7 Å². The average molecular weight is 495 g/mol. The van der Waals surface area contributed by atoms with Crippen LogP contribution in [-0.4, -0.2) is 55.0 Å². The van der Waals surface area contributed by atoms with Gasteiger partial charge in [-0.15, -0.1) is 0 Å². The Balaban J connectivity index is 1.55. The Hall–Kier alpha value is -2.85. The third-order valence-electron chi connectivity index (χ3n) is 6.43. The number of benzene rings is 1. The summed E-state index contributed by atoms with van der Waals surface area (Å²) >= 11 is 0. The van der Waals surface area contributed by atoms with Crippen molar-refractivity contribution in [1.82, 2.24) is 9.47 Å². The van der Waals surface area contributed by atoms with Gasteiger partial charge in [0, 0.05) is 51.0 Å². The second kappa shape index (κ2) is 10.8. The molecule has 1 aromatic heterocycles. The summed E-state index contributed by atoms with van der Waals surface area (Å²) in [5.41, 5.74) is 0.260. The van der Waals surface area contributed by atoms with Crippen LogP contribution in [0.3, 0.4) is 0 Å². The summed E-state index contributed by atoms with van der Waals surface area (Å²) < 4.78 is 57.4. The van der Waals surface area contributed by atoms with Crippen LogP contribution < -0.4 is 10.3 Å². The number of fused-ring (bicyclic) bond motifs is 1. The van der Waals surface area contributed by atoms with Crippen LogP contribution in [0.15, 0.2) is 35.1 Å². The molecule has 4 rings (SSSR count). The smallest absolute Gasteiger partial charge is 0.416 e. The van der Waals surface area contributed by atoms with Crippen LogP contribution in [0.2, 0.25) is 0 Å². The molecular formula is C25H29F3N2O5. The van der Waals surface area contributed by atoms with Crippen molar-refractivity contribution in [1.29, 1.82) is 0 Å². The number of hydrogen-bond acceptors (Lipinski definition) is 6. The zero-order chi connectivity index (χ0) is 25.0. The lowest BCUT2D eigenvalue weighted by atomic mass is 10.1. The van der Waals surface area contributed by atoms with E-state index in [-0.39, 0.29) is 29.6 Å². The van der Waals surface area contributed by atoms with E-state index >= 15 is 0 Å². The molecule has 2 aromatic rings. The third kappa shape index (κ3) is 6.05. The first-order valence-corrected chi connectivity index (χ1v) is 11.7. The van der Waals surface area contributed by atoms with E-state index in [1.807, 2.05) is 4.90 Å². The number of alkyl halides is 3. The topological polar surface area (TPSA) is 70.0 Å². The van der Waals surface area contributed by atoms with Crippen molar-refractivity contribution < 1.29 is 32.2 Å². The van der Waals surface area contributed by atoms with Gasteiger partial charge in [-0.2, -0.15) is 13.2 Å². The predicted molar refractivity (Wildman–Crippen MR) is 122 cm³/mol. The largest absolute Gasteiger partial charge is 0.490 e. The van der Waals surface area contributed by atoms with Crippen molar-refractivity contribution in [2.45, 2.75) is 51.1 Å². The van der Waals surface area contributed by atoms with Gasteiger partial charge in [-0.25, -0.2) is 4.79 Å². The standard InChI is InChI=1S/C25H29F3N2O5/c1-33-24(32)23-20-8-9-29(15-17-5-4-6-18(13-17)25(26,27)28)10-11-30(20)22(31)14-21(23)35-16-19-7-2-3-12-34-19/h4-6,13-14,19H,2-3,7-12,15-16H2,1H3. The highest BCUT2D eigenvalue weighted by Crippen LogP contribution is 2.30. The summed E-state index contributed by atoms with van der Waals surface area (Å²) in [6.45, 7) is 2.38. The van der Waals surface area contributed by atoms with Crippen LogP contribution in [-0.2, 0) is 35.2 Å². The van der Waals surface area contributed by atoms with Gasteiger partial charge in [-0.05, 0) is 30.9 Å². The maximum atomic E-state index is 13.1. The second-order valence-corrected chi connectivity index (χ2v) is 8.84. The number of methoxy groups -OCH3 is 1. The van der Waals surface area contributed by atoms with E-state index in [0.29, 0.717) is 50.5 Å². The quantitative estimate of drug-likeness (QED) is 0.571. The fourth-order valence-corrected chi connectivity index (χ4v) is 4.61. The minimum atomic E-state index is -4.41. The molecule has 1 atom stereocenters. The average Bonchev–Trinajstić information content (AvgIpc) is 3.06. The first-order chi connectivity index (χ1) is 16.8. The molecule has 0 aliphatic carbocycles. The van der Waals surface area contributed by atoms with Gasteiger partial charge < -0.3 is 18.8 Å². The van der Waals surface area contributed by atoms with Crippen molar-refractivity contribution in [3.63, 3.8) is 0 Å². The van der Waals surface area contributed by atoms with Gasteiger partial charge in [0.15, 0.2) is 0 Å². The molecule has 2 aliphatic rings. The molecule has 0 amide bonds. The number of rotatable bonds is 6. The Morgan fingerprint density at radius 2 is 2.00 bits per heavy atom. The lowest BCUT2D eigenvalue weighted by molar-refractivity contribution is -0.137. The van der Waals surface area contributed by atoms with Gasteiger partial charge >= 0.3 is 12.1 Å². The SMILES string of the molecule is COC(=O)c1c(OCC2CCCCO2)cc(=O)n2c1CCN(Cc1cccc(C(F)(F)F)c1)CC2. The Morgan fingerprint density at radius 1 is 1.17 bits per heavy atom. The highest BCUT2D eigenvalue weighted by atomic mass is 19.4. The fraction of sp³-hybridized carbons (Fsp3) is 0.520. The zero-order valence-corrected chi connectivity index (χ0v) is 19.6. The van der Waals surface area contributed by atoms with Gasteiger partial charge in [0.1, 0.15) is 17.9 Å². The molecule has 35 heavy (non-hydrogen) atoms. The van der Waals surface area contributed by atoms with Crippen LogP contribution >= 0.6 is 0 Å². The zero-order valence-electron chi connectivity index (χ0n) is 19.6. The highest BCUT2D eigenvalue weighted by molar-refractivity contribution is 5.93. The lowest BCUT2D eigenvalue weighted by Crippen LogP contribution is -2.30. The summed E-state index contributed by atoms with van der Waals surface area (Å²) in [4.78, 5) is 27.6. The Morgan fingerprint density at radius 3 is 2.71 bits per heavy atom. The summed E-state index contributed by atoms with van der Waals surface area (Å²) in [5, 5.41) is 0. The van der Waals surface area contributed by atoms with Crippen LogP contribution in [0, 0.1) is 0 Å². The molecule has 1 aromatic carbocycles. The van der Waals surface area contributed by atoms with Gasteiger partial charge in [-0.1, -0.05) is 18.2 Å². The molecule has 7 nitrogen and oxygen atoms in total. The number of carbonyl (C=O) groups is 1. The van der Waals surface area contributed by atoms with Crippen LogP contribution in [0.5, 0.6) is 5.75 Å². The minimum absolute atomic E-state index is 0.0984. The van der Waals surface area contributed by atoms with E-state index in [9.17, 15) is 22.8 Å². The normalized spacial score (nSPS) is 19.0. The number of aromatic nitrogens is 1. The van der Waals surface area contributed by atoms with Crippen LogP contribution in [0.1, 0.15) is 46.4 Å². The molecule has 190 valence electrons. The van der Waals surface area contributed by atoms with E-state index in [1.165, 1.54) is 23.8 Å². The number of nitrogens with zero attached hydrogens (tertiary/aromatic N) is 2. The molecule has 1 fully saturated rings. The molecule has 1 unspecified atom stereocenters. The molecule has 1 saturated heterocycles. The van der Waals surface area contributed by atoms with Crippen LogP contribution in [0.4, 0.5) is 13.2 Å². The Bertz CT molecular complexity index is 1110. The molecule has 2 aliphatic heterocycles. The molecule has 0 saturated carbocycles. The summed E-state index contributed by atoms with van der Waals surface area (Å²) in [5.74, 6) is -0.423. The fourth-order valence-electron chi connectivity index (χ4n) is 4.61. The summed E-state index contributed by atoms with van der Waals surface area (Å²) in [6.07, 6.45) is -1.28. The third-order valence-corrected chi connectivity index (χ3v) is 6.43. The minimum Gasteiger partial charge on any atom is -0.490 e. The van der Waals surface area contributed by atoms with Gasteiger partial charge in [-0.3, -0.25) is 9.69 Å². The maximum absolute atomic E-state index is 13.1. The van der Waals surface area contributed by atoms with Crippen molar-refractivity contribution in [3.8, 4) is 5.75 Å². The second-order valence-electron chi connectivity index (χ2n) is 8.84. The van der Waals surface area contributed by atoms with Crippen molar-refractivity contribution in [3.05, 3.63) is 63.1 Å². The number of halogens is 3. The van der Waals surface area contributed by atoms with E-state index in [0.717, 1.165) is 31.4 Å². The number of ether oxygens (including phenoxy) is 3. The molecule has 10 heteroatoms. The first-order valence-electron chi connectivity index (χ1n) is 11.7. The number of hydrogen-bond donors (Lipinski definition) is 0. The van der Waals surface area contributed by atoms with E-state index in [1.54, 1.807) is 6.07 Å². The molecular weight excluding hydrogens is 465 g/mol. The maximum Gasteiger partial charge on any atom is 0.416 e. The van der Waals surface area contributed by atoms with Crippen molar-refractivity contribution in [2.24, 2.45) is 0 Å². The summed E-state index contributed by atoms with van der Waals surface area (Å²) in [6, 6.07) is 6.54. The van der Waals surface area contributed by atoms with Gasteiger partial charge in [0.05, 0.1) is 18.8 Å². The molecule has 0 radical (unpaired) electrons. The van der Waals surface area contributed by atoms with Crippen molar-refractivity contribution >= 4 is 5.97 Å². The van der Waals surface area contributed by atoms with Crippen molar-refractivity contribution in [2.75, 3.05) is 33.4 Å². The highest BCUT2D eigenvalue weighted by Gasteiger charge is 2.31. The monoisotopic (exact) mass is 494 g/mol. The number of carbonyl (C=O) groups excluding carboxylic acids is 1. The Labute approximate surface area is 201 Å². The lowest BCUT2D eigenvalue weighted by Gasteiger charge is -2.24.